The third-order valence-electron chi connectivity index (χ3n) is 4.26. The van der Waals surface area contributed by atoms with Crippen LogP contribution in [0.25, 0.3) is 5.78 Å². The number of aromatic nitrogens is 4. The van der Waals surface area contributed by atoms with Gasteiger partial charge in [0.2, 0.25) is 0 Å². The number of esters is 1. The molecule has 3 aromatic rings. The number of benzene rings is 1. The molecule has 0 aliphatic rings. The summed E-state index contributed by atoms with van der Waals surface area (Å²) in [5.74, 6) is -1.55. The van der Waals surface area contributed by atoms with Gasteiger partial charge in [-0.25, -0.2) is 18.7 Å². The zero-order valence-corrected chi connectivity index (χ0v) is 16.3. The van der Waals surface area contributed by atoms with Crippen molar-refractivity contribution >= 4 is 17.7 Å². The van der Waals surface area contributed by atoms with Crippen molar-refractivity contribution in [3.8, 4) is 5.75 Å². The molecule has 0 saturated heterocycles. The molecule has 0 N–H and O–H groups in total. The monoisotopic (exact) mass is 401 g/mol. The lowest BCUT2D eigenvalue weighted by atomic mass is 10.2. The average molecular weight is 401 g/mol. The summed E-state index contributed by atoms with van der Waals surface area (Å²) in [4.78, 5) is 34.1. The number of halogens is 1. The summed E-state index contributed by atoms with van der Waals surface area (Å²) >= 11 is 0. The van der Waals surface area contributed by atoms with Crippen molar-refractivity contribution in [2.24, 2.45) is 0 Å². The van der Waals surface area contributed by atoms with Crippen LogP contribution in [0.15, 0.2) is 30.5 Å². The molecule has 1 aromatic carbocycles. The number of hydrogen-bond donors (Lipinski definition) is 0. The predicted octanol–water partition coefficient (Wildman–Crippen LogP) is 1.79. The highest BCUT2D eigenvalue weighted by Crippen LogP contribution is 2.18. The van der Waals surface area contributed by atoms with Crippen LogP contribution in [0.1, 0.15) is 28.8 Å². The van der Waals surface area contributed by atoms with E-state index in [1.807, 2.05) is 0 Å². The van der Waals surface area contributed by atoms with E-state index < -0.39 is 24.3 Å². The molecule has 0 saturated carbocycles. The highest BCUT2D eigenvalue weighted by Gasteiger charge is 2.20. The zero-order chi connectivity index (χ0) is 21.0. The molecule has 0 spiro atoms. The molecule has 152 valence electrons. The quantitative estimate of drug-likeness (QED) is 0.557. The summed E-state index contributed by atoms with van der Waals surface area (Å²) in [6.07, 6.45) is 1.55. The first-order chi connectivity index (χ1) is 13.9. The second-order valence-electron chi connectivity index (χ2n) is 6.19. The molecular formula is C19H20FN5O4. The van der Waals surface area contributed by atoms with Crippen molar-refractivity contribution in [3.63, 3.8) is 0 Å². The van der Waals surface area contributed by atoms with Crippen LogP contribution in [0.3, 0.4) is 0 Å². The molecule has 9 nitrogen and oxygen atoms in total. The Kier molecular flexibility index (Phi) is 6.01. The van der Waals surface area contributed by atoms with Crippen molar-refractivity contribution in [1.82, 2.24) is 24.5 Å². The van der Waals surface area contributed by atoms with Gasteiger partial charge in [-0.3, -0.25) is 4.79 Å². The lowest BCUT2D eigenvalue weighted by Gasteiger charge is -2.21. The van der Waals surface area contributed by atoms with E-state index in [9.17, 15) is 14.0 Å². The zero-order valence-electron chi connectivity index (χ0n) is 16.3. The van der Waals surface area contributed by atoms with E-state index in [0.29, 0.717) is 12.1 Å². The maximum Gasteiger partial charge on any atom is 0.378 e. The van der Waals surface area contributed by atoms with Crippen molar-refractivity contribution in [2.45, 2.75) is 20.4 Å². The first-order valence-electron chi connectivity index (χ1n) is 8.88. The van der Waals surface area contributed by atoms with Gasteiger partial charge in [-0.15, -0.1) is 5.10 Å². The van der Waals surface area contributed by atoms with E-state index in [2.05, 4.69) is 15.1 Å². The van der Waals surface area contributed by atoms with Gasteiger partial charge in [0, 0.05) is 25.0 Å². The minimum absolute atomic E-state index is 0.127. The molecule has 0 atom stereocenters. The van der Waals surface area contributed by atoms with Gasteiger partial charge in [0.25, 0.3) is 17.5 Å². The Morgan fingerprint density at radius 1 is 1.28 bits per heavy atom. The van der Waals surface area contributed by atoms with Crippen LogP contribution in [-0.4, -0.2) is 56.6 Å². The Hall–Kier alpha value is -3.56. The molecule has 29 heavy (non-hydrogen) atoms. The topological polar surface area (TPSA) is 98.9 Å². The number of nitrogens with zero attached hydrogens (tertiary/aromatic N) is 5. The molecule has 1 amide bonds. The molecule has 0 fully saturated rings. The van der Waals surface area contributed by atoms with E-state index in [1.54, 1.807) is 32.2 Å². The Balaban J connectivity index is 1.62. The third kappa shape index (κ3) is 4.48. The largest absolute Gasteiger partial charge is 0.494 e. The Morgan fingerprint density at radius 2 is 2.07 bits per heavy atom. The number of carbonyl (C=O) groups is 2. The van der Waals surface area contributed by atoms with Crippen molar-refractivity contribution < 1.29 is 23.5 Å². The summed E-state index contributed by atoms with van der Waals surface area (Å²) in [5.41, 5.74) is 1.34. The lowest BCUT2D eigenvalue weighted by Crippen LogP contribution is -2.34. The van der Waals surface area contributed by atoms with E-state index in [1.165, 1.54) is 28.7 Å². The normalized spacial score (nSPS) is 10.8. The molecule has 0 aliphatic heterocycles. The van der Waals surface area contributed by atoms with Crippen LogP contribution >= 0.6 is 0 Å². The van der Waals surface area contributed by atoms with E-state index in [0.717, 1.165) is 5.69 Å². The van der Waals surface area contributed by atoms with Gasteiger partial charge in [-0.05, 0) is 37.6 Å². The molecule has 0 aliphatic carbocycles. The van der Waals surface area contributed by atoms with Crippen molar-refractivity contribution in [2.75, 3.05) is 20.3 Å². The fourth-order valence-corrected chi connectivity index (χ4v) is 2.68. The molecule has 0 unspecified atom stereocenters. The van der Waals surface area contributed by atoms with E-state index >= 15 is 0 Å². The Morgan fingerprint density at radius 3 is 2.72 bits per heavy atom. The average Bonchev–Trinajstić information content (AvgIpc) is 3.16. The minimum Gasteiger partial charge on any atom is -0.494 e. The second-order valence-corrected chi connectivity index (χ2v) is 6.19. The van der Waals surface area contributed by atoms with Gasteiger partial charge in [-0.1, -0.05) is 6.07 Å². The highest BCUT2D eigenvalue weighted by atomic mass is 19.1. The number of hydrogen-bond acceptors (Lipinski definition) is 7. The van der Waals surface area contributed by atoms with Gasteiger partial charge in [0.05, 0.1) is 7.11 Å². The number of ether oxygens (including phenoxy) is 2. The Labute approximate surface area is 166 Å². The first-order valence-corrected chi connectivity index (χ1v) is 8.88. The number of carbonyl (C=O) groups excluding carboxylic acids is 2. The van der Waals surface area contributed by atoms with Crippen molar-refractivity contribution in [1.29, 1.82) is 0 Å². The number of aryl methyl sites for hydroxylation is 1. The number of fused-ring (bicyclic) bond motifs is 1. The molecule has 2 aromatic heterocycles. The first kappa shape index (κ1) is 20.2. The molecule has 3 rings (SSSR count). The SMILES string of the molecule is CCN(Cc1ccc(OC)c(F)c1)C(=O)COC(=O)c1nc2nccc(C)n2n1. The van der Waals surface area contributed by atoms with Gasteiger partial charge in [0.15, 0.2) is 18.2 Å². The van der Waals surface area contributed by atoms with Gasteiger partial charge < -0.3 is 14.4 Å². The number of likely N-dealkylation sites (N-methyl/N-ethyl adjacent to an activating group) is 1. The van der Waals surface area contributed by atoms with E-state index in [-0.39, 0.29) is 23.9 Å². The fraction of sp³-hybridized carbons (Fsp3) is 0.316. The molecule has 0 radical (unpaired) electrons. The maximum absolute atomic E-state index is 13.8. The predicted molar refractivity (Wildman–Crippen MR) is 99.8 cm³/mol. The standard InChI is InChI=1S/C19H20FN5O4/c1-4-24(10-13-5-6-15(28-3)14(20)9-13)16(26)11-29-18(27)17-22-19-21-8-7-12(2)25(19)23-17/h5-9H,4,10-11H2,1-3H3. The number of methoxy groups -OCH3 is 1. The summed E-state index contributed by atoms with van der Waals surface area (Å²) in [6, 6.07) is 6.19. The summed E-state index contributed by atoms with van der Waals surface area (Å²) in [7, 11) is 1.38. The van der Waals surface area contributed by atoms with Gasteiger partial charge in [-0.2, -0.15) is 4.98 Å². The smallest absolute Gasteiger partial charge is 0.378 e. The van der Waals surface area contributed by atoms with Crippen LogP contribution in [0.2, 0.25) is 0 Å². The molecule has 0 bridgehead atoms. The van der Waals surface area contributed by atoms with Crippen molar-refractivity contribution in [3.05, 3.63) is 53.4 Å². The van der Waals surface area contributed by atoms with Crippen LogP contribution in [0.5, 0.6) is 5.75 Å². The molecular weight excluding hydrogens is 381 g/mol. The molecule has 2 heterocycles. The van der Waals surface area contributed by atoms with Crippen LogP contribution in [0, 0.1) is 12.7 Å². The second kappa shape index (κ2) is 8.63. The van der Waals surface area contributed by atoms with E-state index in [4.69, 9.17) is 9.47 Å². The third-order valence-corrected chi connectivity index (χ3v) is 4.26. The minimum atomic E-state index is -0.824. The van der Waals surface area contributed by atoms with Crippen LogP contribution < -0.4 is 4.74 Å². The fourth-order valence-electron chi connectivity index (χ4n) is 2.68. The van der Waals surface area contributed by atoms with Crippen LogP contribution in [0.4, 0.5) is 4.39 Å². The Bertz CT molecular complexity index is 1050. The summed E-state index contributed by atoms with van der Waals surface area (Å²) in [5, 5.41) is 4.04. The summed E-state index contributed by atoms with van der Waals surface area (Å²) < 4.78 is 25.2. The van der Waals surface area contributed by atoms with Crippen LogP contribution in [-0.2, 0) is 16.1 Å². The maximum atomic E-state index is 13.8. The number of rotatable bonds is 7. The summed E-state index contributed by atoms with van der Waals surface area (Å²) in [6.45, 7) is 3.62. The lowest BCUT2D eigenvalue weighted by molar-refractivity contribution is -0.135. The van der Waals surface area contributed by atoms with Gasteiger partial charge in [0.1, 0.15) is 0 Å². The van der Waals surface area contributed by atoms with Gasteiger partial charge >= 0.3 is 5.97 Å². The number of amides is 1. The highest BCUT2D eigenvalue weighted by molar-refractivity contribution is 5.88. The molecule has 10 heteroatoms.